The Balaban J connectivity index is 1.89. The summed E-state index contributed by atoms with van der Waals surface area (Å²) in [6, 6.07) is 0.0715. The van der Waals surface area contributed by atoms with Gasteiger partial charge in [0.15, 0.2) is 0 Å². The Kier molecular flexibility index (Phi) is 5.40. The minimum atomic E-state index is 0.0715. The lowest BCUT2D eigenvalue weighted by atomic mass is 10.0. The molecule has 2 rings (SSSR count). The van der Waals surface area contributed by atoms with Crippen LogP contribution >= 0.6 is 0 Å². The van der Waals surface area contributed by atoms with Crippen LogP contribution in [0.2, 0.25) is 0 Å². The average molecular weight is 281 g/mol. The Morgan fingerprint density at radius 2 is 1.60 bits per heavy atom. The van der Waals surface area contributed by atoms with E-state index in [-0.39, 0.29) is 17.9 Å². The molecule has 0 aliphatic carbocycles. The van der Waals surface area contributed by atoms with Crippen LogP contribution in [0, 0.1) is 0 Å². The normalized spacial score (nSPS) is 24.8. The van der Waals surface area contributed by atoms with Crippen molar-refractivity contribution in [2.75, 3.05) is 39.3 Å². The van der Waals surface area contributed by atoms with E-state index < -0.39 is 0 Å². The highest BCUT2D eigenvalue weighted by Crippen LogP contribution is 2.19. The molecule has 0 radical (unpaired) electrons. The molecule has 2 saturated heterocycles. The van der Waals surface area contributed by atoms with Gasteiger partial charge < -0.3 is 9.80 Å². The molecule has 0 aromatic heterocycles. The van der Waals surface area contributed by atoms with Crippen LogP contribution in [-0.4, -0.2) is 71.8 Å². The van der Waals surface area contributed by atoms with Crippen LogP contribution < -0.4 is 0 Å². The fourth-order valence-electron chi connectivity index (χ4n) is 3.26. The number of piperazine rings is 1. The molecule has 0 aromatic rings. The second-order valence-electron chi connectivity index (χ2n) is 5.70. The number of likely N-dealkylation sites (N-methyl/N-ethyl adjacent to an activating group) is 1. The first kappa shape index (κ1) is 15.3. The SMILES string of the molecule is CCC(=O)N1CCN(C(=O)[C@@H]2CCCCN2CC)CC1. The predicted octanol–water partition coefficient (Wildman–Crippen LogP) is 0.942. The van der Waals surface area contributed by atoms with Crippen molar-refractivity contribution in [1.82, 2.24) is 14.7 Å². The van der Waals surface area contributed by atoms with Crippen molar-refractivity contribution in [2.45, 2.75) is 45.6 Å². The van der Waals surface area contributed by atoms with E-state index in [1.807, 2.05) is 16.7 Å². The number of hydrogen-bond acceptors (Lipinski definition) is 3. The van der Waals surface area contributed by atoms with E-state index in [1.165, 1.54) is 6.42 Å². The van der Waals surface area contributed by atoms with Gasteiger partial charge in [-0.05, 0) is 25.9 Å². The number of hydrogen-bond donors (Lipinski definition) is 0. The average Bonchev–Trinajstić information content (AvgIpc) is 2.53. The lowest BCUT2D eigenvalue weighted by Gasteiger charge is -2.40. The summed E-state index contributed by atoms with van der Waals surface area (Å²) in [6.07, 6.45) is 3.90. The first-order chi connectivity index (χ1) is 9.67. The summed E-state index contributed by atoms with van der Waals surface area (Å²) in [5.74, 6) is 0.472. The molecule has 2 aliphatic rings. The van der Waals surface area contributed by atoms with Crippen molar-refractivity contribution >= 4 is 11.8 Å². The van der Waals surface area contributed by atoms with Crippen molar-refractivity contribution < 1.29 is 9.59 Å². The van der Waals surface area contributed by atoms with Gasteiger partial charge in [-0.2, -0.15) is 0 Å². The second-order valence-corrected chi connectivity index (χ2v) is 5.70. The van der Waals surface area contributed by atoms with Gasteiger partial charge in [0.05, 0.1) is 6.04 Å². The number of carbonyl (C=O) groups excluding carboxylic acids is 2. The predicted molar refractivity (Wildman–Crippen MR) is 78.3 cm³/mol. The van der Waals surface area contributed by atoms with E-state index in [1.54, 1.807) is 0 Å². The fourth-order valence-corrected chi connectivity index (χ4v) is 3.26. The van der Waals surface area contributed by atoms with Gasteiger partial charge in [-0.25, -0.2) is 0 Å². The maximum atomic E-state index is 12.6. The smallest absolute Gasteiger partial charge is 0.240 e. The van der Waals surface area contributed by atoms with Crippen molar-refractivity contribution in [3.8, 4) is 0 Å². The van der Waals surface area contributed by atoms with Crippen LogP contribution in [0.1, 0.15) is 39.5 Å². The van der Waals surface area contributed by atoms with E-state index in [2.05, 4.69) is 11.8 Å². The summed E-state index contributed by atoms with van der Waals surface area (Å²) in [5, 5.41) is 0. The zero-order valence-electron chi connectivity index (χ0n) is 12.8. The fraction of sp³-hybridized carbons (Fsp3) is 0.867. The zero-order valence-corrected chi connectivity index (χ0v) is 12.8. The van der Waals surface area contributed by atoms with Gasteiger partial charge in [-0.15, -0.1) is 0 Å². The number of likely N-dealkylation sites (tertiary alicyclic amines) is 1. The summed E-state index contributed by atoms with van der Waals surface area (Å²) >= 11 is 0. The summed E-state index contributed by atoms with van der Waals surface area (Å²) in [7, 11) is 0. The van der Waals surface area contributed by atoms with Crippen molar-refractivity contribution in [2.24, 2.45) is 0 Å². The molecule has 5 heteroatoms. The standard InChI is InChI=1S/C15H27N3O2/c1-3-14(19)17-9-11-18(12-10-17)15(20)13-7-5-6-8-16(13)4-2/h13H,3-12H2,1-2H3/t13-/m0/s1. The third-order valence-corrected chi connectivity index (χ3v) is 4.55. The monoisotopic (exact) mass is 281 g/mol. The molecule has 0 spiro atoms. The summed E-state index contributed by atoms with van der Waals surface area (Å²) < 4.78 is 0. The molecule has 2 fully saturated rings. The van der Waals surface area contributed by atoms with Crippen LogP contribution in [0.25, 0.3) is 0 Å². The van der Waals surface area contributed by atoms with Crippen LogP contribution in [0.5, 0.6) is 0 Å². The molecule has 5 nitrogen and oxygen atoms in total. The van der Waals surface area contributed by atoms with Crippen LogP contribution in [0.15, 0.2) is 0 Å². The Hall–Kier alpha value is -1.10. The Labute approximate surface area is 121 Å². The Morgan fingerprint density at radius 3 is 2.20 bits per heavy atom. The quantitative estimate of drug-likeness (QED) is 0.773. The molecule has 2 aliphatic heterocycles. The molecule has 0 unspecified atom stereocenters. The van der Waals surface area contributed by atoms with E-state index in [4.69, 9.17) is 0 Å². The van der Waals surface area contributed by atoms with Crippen LogP contribution in [-0.2, 0) is 9.59 Å². The zero-order chi connectivity index (χ0) is 14.5. The summed E-state index contributed by atoms with van der Waals surface area (Å²) in [6.45, 7) is 8.78. The molecular weight excluding hydrogens is 254 g/mol. The maximum absolute atomic E-state index is 12.6. The topological polar surface area (TPSA) is 43.9 Å². The van der Waals surface area contributed by atoms with Gasteiger partial charge in [0.1, 0.15) is 0 Å². The molecule has 1 atom stereocenters. The molecule has 2 heterocycles. The molecule has 0 aromatic carbocycles. The Morgan fingerprint density at radius 1 is 0.950 bits per heavy atom. The minimum absolute atomic E-state index is 0.0715. The Bertz CT molecular complexity index is 351. The number of carbonyl (C=O) groups is 2. The third-order valence-electron chi connectivity index (χ3n) is 4.55. The van der Waals surface area contributed by atoms with E-state index in [9.17, 15) is 9.59 Å². The number of rotatable bonds is 3. The molecule has 0 bridgehead atoms. The van der Waals surface area contributed by atoms with E-state index in [0.29, 0.717) is 32.6 Å². The second kappa shape index (κ2) is 7.07. The first-order valence-electron chi connectivity index (χ1n) is 7.98. The lowest BCUT2D eigenvalue weighted by Crippen LogP contribution is -2.56. The van der Waals surface area contributed by atoms with Crippen LogP contribution in [0.3, 0.4) is 0 Å². The van der Waals surface area contributed by atoms with Gasteiger partial charge in [-0.1, -0.05) is 20.3 Å². The number of piperidine rings is 1. The van der Waals surface area contributed by atoms with Crippen molar-refractivity contribution in [1.29, 1.82) is 0 Å². The van der Waals surface area contributed by atoms with E-state index in [0.717, 1.165) is 25.9 Å². The first-order valence-corrected chi connectivity index (χ1v) is 7.98. The molecule has 2 amide bonds. The van der Waals surface area contributed by atoms with Gasteiger partial charge in [0.25, 0.3) is 0 Å². The highest BCUT2D eigenvalue weighted by atomic mass is 16.2. The summed E-state index contributed by atoms with van der Waals surface area (Å²) in [4.78, 5) is 30.4. The van der Waals surface area contributed by atoms with Gasteiger partial charge in [0, 0.05) is 32.6 Å². The number of nitrogens with zero attached hydrogens (tertiary/aromatic N) is 3. The largest absolute Gasteiger partial charge is 0.339 e. The lowest BCUT2D eigenvalue weighted by molar-refractivity contribution is -0.143. The molecule has 114 valence electrons. The van der Waals surface area contributed by atoms with Gasteiger partial charge >= 0.3 is 0 Å². The highest BCUT2D eigenvalue weighted by Gasteiger charge is 2.32. The van der Waals surface area contributed by atoms with Crippen molar-refractivity contribution in [3.05, 3.63) is 0 Å². The number of amides is 2. The van der Waals surface area contributed by atoms with E-state index >= 15 is 0 Å². The molecular formula is C15H27N3O2. The molecule has 0 saturated carbocycles. The molecule has 0 N–H and O–H groups in total. The maximum Gasteiger partial charge on any atom is 0.240 e. The van der Waals surface area contributed by atoms with Crippen molar-refractivity contribution in [3.63, 3.8) is 0 Å². The minimum Gasteiger partial charge on any atom is -0.339 e. The summed E-state index contributed by atoms with van der Waals surface area (Å²) in [5.41, 5.74) is 0. The highest BCUT2D eigenvalue weighted by molar-refractivity contribution is 5.82. The van der Waals surface area contributed by atoms with Gasteiger partial charge in [0.2, 0.25) is 11.8 Å². The third kappa shape index (κ3) is 3.32. The van der Waals surface area contributed by atoms with Crippen LogP contribution in [0.4, 0.5) is 0 Å². The van der Waals surface area contributed by atoms with Gasteiger partial charge in [-0.3, -0.25) is 14.5 Å². The molecule has 20 heavy (non-hydrogen) atoms.